The van der Waals surface area contributed by atoms with Crippen molar-refractivity contribution in [2.75, 3.05) is 37.6 Å². The number of halogens is 1. The highest BCUT2D eigenvalue weighted by molar-refractivity contribution is 5.81. The van der Waals surface area contributed by atoms with E-state index < -0.39 is 5.41 Å². The molecule has 5 nitrogen and oxygen atoms in total. The zero-order valence-corrected chi connectivity index (χ0v) is 16.2. The van der Waals surface area contributed by atoms with Gasteiger partial charge >= 0.3 is 0 Å². The van der Waals surface area contributed by atoms with Gasteiger partial charge in [0.2, 0.25) is 5.91 Å². The summed E-state index contributed by atoms with van der Waals surface area (Å²) in [7, 11) is 0. The number of anilines is 1. The van der Waals surface area contributed by atoms with Crippen LogP contribution in [0.4, 0.5) is 10.1 Å². The van der Waals surface area contributed by atoms with Crippen molar-refractivity contribution in [2.45, 2.75) is 26.8 Å². The third kappa shape index (κ3) is 4.69. The normalized spacial score (nSPS) is 17.0. The number of rotatable bonds is 5. The Bertz CT molecular complexity index is 747. The molecule has 0 radical (unpaired) electrons. The Balaban J connectivity index is 1.66. The van der Waals surface area contributed by atoms with Crippen LogP contribution in [0, 0.1) is 11.2 Å². The third-order valence-electron chi connectivity index (χ3n) is 4.96. The molecule has 2 heterocycles. The van der Waals surface area contributed by atoms with Gasteiger partial charge in [-0.25, -0.2) is 4.39 Å². The quantitative estimate of drug-likeness (QED) is 0.872. The molecular weight excluding hydrogens is 345 g/mol. The fourth-order valence-electron chi connectivity index (χ4n) is 3.33. The van der Waals surface area contributed by atoms with E-state index in [1.807, 2.05) is 45.0 Å². The number of piperazine rings is 1. The average Bonchev–Trinajstić information content (AvgIpc) is 3.16. The summed E-state index contributed by atoms with van der Waals surface area (Å²) in [6.45, 7) is 9.18. The molecule has 0 aliphatic carbocycles. The van der Waals surface area contributed by atoms with Gasteiger partial charge in [0.1, 0.15) is 11.6 Å². The smallest absolute Gasteiger partial charge is 0.225 e. The number of amides is 1. The highest BCUT2D eigenvalue weighted by Crippen LogP contribution is 2.26. The first-order valence-corrected chi connectivity index (χ1v) is 9.41. The van der Waals surface area contributed by atoms with Gasteiger partial charge in [-0.3, -0.25) is 9.69 Å². The lowest BCUT2D eigenvalue weighted by Gasteiger charge is -2.39. The average molecular weight is 373 g/mol. The van der Waals surface area contributed by atoms with Crippen LogP contribution in [-0.4, -0.2) is 43.5 Å². The van der Waals surface area contributed by atoms with Gasteiger partial charge in [-0.1, -0.05) is 32.9 Å². The van der Waals surface area contributed by atoms with Crippen molar-refractivity contribution < 1.29 is 13.6 Å². The Morgan fingerprint density at radius 3 is 2.44 bits per heavy atom. The summed E-state index contributed by atoms with van der Waals surface area (Å²) in [5.41, 5.74) is 0.213. The molecule has 1 saturated heterocycles. The van der Waals surface area contributed by atoms with E-state index in [0.717, 1.165) is 31.9 Å². The van der Waals surface area contributed by atoms with E-state index in [9.17, 15) is 9.18 Å². The number of benzene rings is 1. The van der Waals surface area contributed by atoms with Gasteiger partial charge in [-0.05, 0) is 24.3 Å². The summed E-state index contributed by atoms with van der Waals surface area (Å²) < 4.78 is 19.7. The van der Waals surface area contributed by atoms with Crippen LogP contribution in [0.3, 0.4) is 0 Å². The summed E-state index contributed by atoms with van der Waals surface area (Å²) in [5.74, 6) is 0.665. The van der Waals surface area contributed by atoms with E-state index in [-0.39, 0.29) is 17.8 Å². The largest absolute Gasteiger partial charge is 0.468 e. The summed E-state index contributed by atoms with van der Waals surface area (Å²) in [6, 6.07) is 10.7. The van der Waals surface area contributed by atoms with Crippen LogP contribution >= 0.6 is 0 Å². The number of para-hydroxylation sites is 1. The van der Waals surface area contributed by atoms with Crippen molar-refractivity contribution in [3.63, 3.8) is 0 Å². The number of hydrogen-bond donors (Lipinski definition) is 1. The highest BCUT2D eigenvalue weighted by Gasteiger charge is 2.29. The Kier molecular flexibility index (Phi) is 5.85. The predicted octanol–water partition coefficient (Wildman–Crippen LogP) is 3.44. The molecule has 27 heavy (non-hydrogen) atoms. The molecule has 146 valence electrons. The SMILES string of the molecule is CC(C)(C)C(=O)NC[C@H](c1ccco1)N1CCN(c2ccccc2F)CC1. The van der Waals surface area contributed by atoms with Gasteiger partial charge in [0, 0.05) is 38.1 Å². The first-order chi connectivity index (χ1) is 12.9. The van der Waals surface area contributed by atoms with Gasteiger partial charge in [0.05, 0.1) is 18.0 Å². The third-order valence-corrected chi connectivity index (χ3v) is 4.96. The van der Waals surface area contributed by atoms with E-state index in [1.54, 1.807) is 12.3 Å². The van der Waals surface area contributed by atoms with E-state index in [0.29, 0.717) is 12.2 Å². The monoisotopic (exact) mass is 373 g/mol. The lowest BCUT2D eigenvalue weighted by Crippen LogP contribution is -2.50. The van der Waals surface area contributed by atoms with Crippen molar-refractivity contribution >= 4 is 11.6 Å². The van der Waals surface area contributed by atoms with E-state index >= 15 is 0 Å². The van der Waals surface area contributed by atoms with Crippen molar-refractivity contribution in [2.24, 2.45) is 5.41 Å². The lowest BCUT2D eigenvalue weighted by molar-refractivity contribution is -0.128. The van der Waals surface area contributed by atoms with Crippen molar-refractivity contribution in [3.05, 3.63) is 54.2 Å². The second kappa shape index (κ2) is 8.13. The molecule has 1 fully saturated rings. The maximum atomic E-state index is 14.1. The minimum Gasteiger partial charge on any atom is -0.468 e. The minimum absolute atomic E-state index is 0.0176. The number of carbonyl (C=O) groups is 1. The summed E-state index contributed by atoms with van der Waals surface area (Å²) in [6.07, 6.45) is 1.66. The Labute approximate surface area is 160 Å². The van der Waals surface area contributed by atoms with Gasteiger partial charge in [0.25, 0.3) is 0 Å². The summed E-state index contributed by atoms with van der Waals surface area (Å²) in [5, 5.41) is 3.05. The number of hydrogen-bond acceptors (Lipinski definition) is 4. The van der Waals surface area contributed by atoms with Crippen molar-refractivity contribution in [3.8, 4) is 0 Å². The molecule has 1 N–H and O–H groups in total. The topological polar surface area (TPSA) is 48.7 Å². The Morgan fingerprint density at radius 2 is 1.85 bits per heavy atom. The van der Waals surface area contributed by atoms with E-state index in [4.69, 9.17) is 4.42 Å². The van der Waals surface area contributed by atoms with Crippen LogP contribution in [0.2, 0.25) is 0 Å². The standard InChI is InChI=1S/C21H28FN3O2/c1-21(2,3)20(26)23-15-18(19-9-6-14-27-19)25-12-10-24(11-13-25)17-8-5-4-7-16(17)22/h4-9,14,18H,10-13,15H2,1-3H3,(H,23,26)/t18-/m1/s1. The van der Waals surface area contributed by atoms with E-state index in [2.05, 4.69) is 15.1 Å². The van der Waals surface area contributed by atoms with Gasteiger partial charge < -0.3 is 14.6 Å². The molecule has 1 aliphatic heterocycles. The lowest BCUT2D eigenvalue weighted by atomic mass is 9.95. The van der Waals surface area contributed by atoms with Crippen LogP contribution in [0.15, 0.2) is 47.1 Å². The minimum atomic E-state index is -0.433. The molecule has 0 saturated carbocycles. The van der Waals surface area contributed by atoms with Crippen LogP contribution in [0.5, 0.6) is 0 Å². The van der Waals surface area contributed by atoms with Crippen LogP contribution < -0.4 is 10.2 Å². The molecule has 1 aromatic heterocycles. The number of carbonyl (C=O) groups excluding carboxylic acids is 1. The predicted molar refractivity (Wildman–Crippen MR) is 104 cm³/mol. The molecule has 6 heteroatoms. The molecule has 1 amide bonds. The second-order valence-corrected chi connectivity index (χ2v) is 7.97. The molecular formula is C21H28FN3O2. The molecule has 1 atom stereocenters. The molecule has 1 aromatic carbocycles. The van der Waals surface area contributed by atoms with E-state index in [1.165, 1.54) is 6.07 Å². The molecule has 0 spiro atoms. The fraction of sp³-hybridized carbons (Fsp3) is 0.476. The molecule has 0 unspecified atom stereocenters. The summed E-state index contributed by atoms with van der Waals surface area (Å²) >= 11 is 0. The summed E-state index contributed by atoms with van der Waals surface area (Å²) in [4.78, 5) is 16.6. The van der Waals surface area contributed by atoms with Gasteiger partial charge in [-0.15, -0.1) is 0 Å². The first-order valence-electron chi connectivity index (χ1n) is 9.41. The Morgan fingerprint density at radius 1 is 1.15 bits per heavy atom. The first kappa shape index (κ1) is 19.4. The zero-order valence-electron chi connectivity index (χ0n) is 16.2. The number of nitrogens with one attached hydrogen (secondary N) is 1. The number of furan rings is 1. The van der Waals surface area contributed by atoms with Gasteiger partial charge in [-0.2, -0.15) is 0 Å². The van der Waals surface area contributed by atoms with Crippen LogP contribution in [0.25, 0.3) is 0 Å². The second-order valence-electron chi connectivity index (χ2n) is 7.97. The molecule has 0 bridgehead atoms. The maximum Gasteiger partial charge on any atom is 0.225 e. The highest BCUT2D eigenvalue weighted by atomic mass is 19.1. The van der Waals surface area contributed by atoms with Gasteiger partial charge in [0.15, 0.2) is 0 Å². The van der Waals surface area contributed by atoms with Crippen LogP contribution in [-0.2, 0) is 4.79 Å². The molecule has 2 aromatic rings. The van der Waals surface area contributed by atoms with Crippen molar-refractivity contribution in [1.82, 2.24) is 10.2 Å². The van der Waals surface area contributed by atoms with Crippen molar-refractivity contribution in [1.29, 1.82) is 0 Å². The molecule has 3 rings (SSSR count). The fourth-order valence-corrected chi connectivity index (χ4v) is 3.33. The zero-order chi connectivity index (χ0) is 19.4. The maximum absolute atomic E-state index is 14.1. The van der Waals surface area contributed by atoms with Crippen LogP contribution in [0.1, 0.15) is 32.6 Å². The molecule has 1 aliphatic rings. The number of nitrogens with zero attached hydrogens (tertiary/aromatic N) is 2. The Hall–Kier alpha value is -2.34.